The molecule has 0 spiro atoms. The number of benzene rings is 1. The lowest BCUT2D eigenvalue weighted by Gasteiger charge is -2.38. The molecule has 1 aliphatic rings. The van der Waals surface area contributed by atoms with Crippen LogP contribution >= 0.6 is 0 Å². The van der Waals surface area contributed by atoms with E-state index in [0.29, 0.717) is 19.7 Å². The summed E-state index contributed by atoms with van der Waals surface area (Å²) < 4.78 is 18.6. The Balaban J connectivity index is 1.95. The molecule has 2 N–H and O–H groups in total. The highest BCUT2D eigenvalue weighted by atomic mass is 19.1. The highest BCUT2D eigenvalue weighted by molar-refractivity contribution is 5.78. The van der Waals surface area contributed by atoms with Gasteiger partial charge in [-0.3, -0.25) is 4.79 Å². The standard InChI is InChI=1S/C18H27FN2O2/c1-23-11-10-20-13-17(22)21-14-18(8-3-2-4-9-18)15-6-5-7-16(19)12-15/h5-7,12,20H,2-4,8-11,13-14H2,1H3,(H,21,22). The van der Waals surface area contributed by atoms with E-state index in [4.69, 9.17) is 4.74 Å². The second-order valence-corrected chi connectivity index (χ2v) is 6.30. The van der Waals surface area contributed by atoms with Gasteiger partial charge in [-0.2, -0.15) is 0 Å². The Morgan fingerprint density at radius 2 is 2.09 bits per heavy atom. The molecule has 23 heavy (non-hydrogen) atoms. The van der Waals surface area contributed by atoms with E-state index >= 15 is 0 Å². The van der Waals surface area contributed by atoms with Crippen molar-refractivity contribution in [3.63, 3.8) is 0 Å². The fourth-order valence-electron chi connectivity index (χ4n) is 3.32. The lowest BCUT2D eigenvalue weighted by atomic mass is 9.69. The van der Waals surface area contributed by atoms with E-state index in [2.05, 4.69) is 10.6 Å². The Labute approximate surface area is 137 Å². The minimum atomic E-state index is -0.208. The van der Waals surface area contributed by atoms with Gasteiger partial charge in [0.15, 0.2) is 0 Å². The third-order valence-corrected chi connectivity index (χ3v) is 4.64. The first kappa shape index (κ1) is 17.9. The Bertz CT molecular complexity index is 502. The molecule has 1 amide bonds. The summed E-state index contributed by atoms with van der Waals surface area (Å²) in [6.07, 6.45) is 5.45. The van der Waals surface area contributed by atoms with Crippen LogP contribution in [0.2, 0.25) is 0 Å². The number of nitrogens with one attached hydrogen (secondary N) is 2. The Morgan fingerprint density at radius 1 is 1.30 bits per heavy atom. The first-order chi connectivity index (χ1) is 11.2. The summed E-state index contributed by atoms with van der Waals surface area (Å²) in [4.78, 5) is 12.0. The number of rotatable bonds is 8. The lowest BCUT2D eigenvalue weighted by Crippen LogP contribution is -2.45. The first-order valence-electron chi connectivity index (χ1n) is 8.39. The number of carbonyl (C=O) groups is 1. The third-order valence-electron chi connectivity index (χ3n) is 4.64. The zero-order valence-electron chi connectivity index (χ0n) is 13.9. The molecule has 1 aromatic carbocycles. The molecule has 128 valence electrons. The number of hydrogen-bond donors (Lipinski definition) is 2. The van der Waals surface area contributed by atoms with Crippen LogP contribution in [0.25, 0.3) is 0 Å². The molecule has 5 heteroatoms. The quantitative estimate of drug-likeness (QED) is 0.723. The molecular formula is C18H27FN2O2. The molecular weight excluding hydrogens is 295 g/mol. The van der Waals surface area contributed by atoms with Gasteiger partial charge < -0.3 is 15.4 Å². The fourth-order valence-corrected chi connectivity index (χ4v) is 3.32. The molecule has 1 fully saturated rings. The summed E-state index contributed by atoms with van der Waals surface area (Å²) in [6.45, 7) is 2.09. The molecule has 1 saturated carbocycles. The molecule has 0 unspecified atom stereocenters. The van der Waals surface area contributed by atoms with Crippen LogP contribution < -0.4 is 10.6 Å². The maximum atomic E-state index is 13.6. The van der Waals surface area contributed by atoms with Crippen LogP contribution in [0.1, 0.15) is 37.7 Å². The Hall–Kier alpha value is -1.46. The van der Waals surface area contributed by atoms with Crippen molar-refractivity contribution in [1.29, 1.82) is 0 Å². The van der Waals surface area contributed by atoms with Gasteiger partial charge in [0.2, 0.25) is 5.91 Å². The minimum absolute atomic E-state index is 0.0255. The summed E-state index contributed by atoms with van der Waals surface area (Å²) in [6, 6.07) is 6.83. The molecule has 0 radical (unpaired) electrons. The number of halogens is 1. The van der Waals surface area contributed by atoms with E-state index in [1.165, 1.54) is 12.5 Å². The van der Waals surface area contributed by atoms with Crippen molar-refractivity contribution in [2.24, 2.45) is 0 Å². The van der Waals surface area contributed by atoms with Gasteiger partial charge in [0.05, 0.1) is 13.2 Å². The zero-order valence-corrected chi connectivity index (χ0v) is 13.9. The van der Waals surface area contributed by atoms with Crippen LogP contribution in [-0.2, 0) is 14.9 Å². The maximum Gasteiger partial charge on any atom is 0.233 e. The Kier molecular flexibility index (Phi) is 6.99. The smallest absolute Gasteiger partial charge is 0.233 e. The van der Waals surface area contributed by atoms with Gasteiger partial charge in [0.25, 0.3) is 0 Å². The highest BCUT2D eigenvalue weighted by Gasteiger charge is 2.34. The van der Waals surface area contributed by atoms with Crippen molar-refractivity contribution >= 4 is 5.91 Å². The van der Waals surface area contributed by atoms with Gasteiger partial charge in [0.1, 0.15) is 5.82 Å². The van der Waals surface area contributed by atoms with E-state index in [1.54, 1.807) is 19.2 Å². The van der Waals surface area contributed by atoms with E-state index in [1.807, 2.05) is 6.07 Å². The van der Waals surface area contributed by atoms with Crippen LogP contribution in [0, 0.1) is 5.82 Å². The summed E-state index contributed by atoms with van der Waals surface area (Å²) in [5.41, 5.74) is 0.868. The monoisotopic (exact) mass is 322 g/mol. The van der Waals surface area contributed by atoms with Crippen LogP contribution in [0.4, 0.5) is 4.39 Å². The number of hydrogen-bond acceptors (Lipinski definition) is 3. The first-order valence-corrected chi connectivity index (χ1v) is 8.39. The predicted molar refractivity (Wildman–Crippen MR) is 88.9 cm³/mol. The van der Waals surface area contributed by atoms with Crippen LogP contribution in [0.15, 0.2) is 24.3 Å². The van der Waals surface area contributed by atoms with Crippen LogP contribution in [0.3, 0.4) is 0 Å². The van der Waals surface area contributed by atoms with E-state index < -0.39 is 0 Å². The third kappa shape index (κ3) is 5.29. The van der Waals surface area contributed by atoms with Gasteiger partial charge >= 0.3 is 0 Å². The molecule has 0 aromatic heterocycles. The second kappa shape index (κ2) is 8.99. The van der Waals surface area contributed by atoms with Crippen LogP contribution in [0.5, 0.6) is 0 Å². The molecule has 0 aliphatic heterocycles. The fraction of sp³-hybridized carbons (Fsp3) is 0.611. The SMILES string of the molecule is COCCNCC(=O)NCC1(c2cccc(F)c2)CCCCC1. The van der Waals surface area contributed by atoms with Gasteiger partial charge in [-0.1, -0.05) is 31.4 Å². The van der Waals surface area contributed by atoms with E-state index in [-0.39, 0.29) is 23.7 Å². The van der Waals surface area contributed by atoms with Crippen molar-refractivity contribution in [2.45, 2.75) is 37.5 Å². The second-order valence-electron chi connectivity index (χ2n) is 6.30. The van der Waals surface area contributed by atoms with Crippen molar-refractivity contribution < 1.29 is 13.9 Å². The molecule has 0 saturated heterocycles. The number of methoxy groups -OCH3 is 1. The van der Waals surface area contributed by atoms with Crippen molar-refractivity contribution in [3.8, 4) is 0 Å². The topological polar surface area (TPSA) is 50.4 Å². The van der Waals surface area contributed by atoms with Crippen molar-refractivity contribution in [3.05, 3.63) is 35.6 Å². The summed E-state index contributed by atoms with van der Waals surface area (Å²) in [7, 11) is 1.63. The predicted octanol–water partition coefficient (Wildman–Crippen LogP) is 2.38. The molecule has 2 rings (SSSR count). The van der Waals surface area contributed by atoms with Gasteiger partial charge in [-0.25, -0.2) is 4.39 Å². The summed E-state index contributed by atoms with van der Waals surface area (Å²) in [5.74, 6) is -0.234. The molecule has 0 bridgehead atoms. The largest absolute Gasteiger partial charge is 0.383 e. The van der Waals surface area contributed by atoms with Crippen LogP contribution in [-0.4, -0.2) is 39.3 Å². The molecule has 1 aliphatic carbocycles. The number of carbonyl (C=O) groups excluding carboxylic acids is 1. The zero-order chi connectivity index (χ0) is 16.5. The molecule has 4 nitrogen and oxygen atoms in total. The van der Waals surface area contributed by atoms with Crippen molar-refractivity contribution in [1.82, 2.24) is 10.6 Å². The molecule has 1 aromatic rings. The van der Waals surface area contributed by atoms with E-state index in [9.17, 15) is 9.18 Å². The average molecular weight is 322 g/mol. The highest BCUT2D eigenvalue weighted by Crippen LogP contribution is 2.39. The van der Waals surface area contributed by atoms with Gasteiger partial charge in [0, 0.05) is 25.6 Å². The maximum absolute atomic E-state index is 13.6. The summed E-state index contributed by atoms with van der Waals surface area (Å²) >= 11 is 0. The normalized spacial score (nSPS) is 17.0. The summed E-state index contributed by atoms with van der Waals surface area (Å²) in [5, 5.41) is 6.06. The average Bonchev–Trinajstić information content (AvgIpc) is 2.58. The molecule has 0 atom stereocenters. The van der Waals surface area contributed by atoms with E-state index in [0.717, 1.165) is 31.2 Å². The van der Waals surface area contributed by atoms with Gasteiger partial charge in [-0.15, -0.1) is 0 Å². The Morgan fingerprint density at radius 3 is 2.78 bits per heavy atom. The van der Waals surface area contributed by atoms with Gasteiger partial charge in [-0.05, 0) is 30.5 Å². The number of ether oxygens (including phenoxy) is 1. The lowest BCUT2D eigenvalue weighted by molar-refractivity contribution is -0.120. The number of amides is 1. The minimum Gasteiger partial charge on any atom is -0.383 e. The van der Waals surface area contributed by atoms with Crippen molar-refractivity contribution in [2.75, 3.05) is 33.4 Å². The molecule has 0 heterocycles.